The van der Waals surface area contributed by atoms with Crippen LogP contribution in [0.15, 0.2) is 11.6 Å². The molecule has 0 bridgehead atoms. The van der Waals surface area contributed by atoms with Crippen LogP contribution in [0.25, 0.3) is 0 Å². The highest BCUT2D eigenvalue weighted by molar-refractivity contribution is 5.06. The van der Waals surface area contributed by atoms with Crippen molar-refractivity contribution in [3.8, 4) is 0 Å². The second-order valence-corrected chi connectivity index (χ2v) is 7.64. The van der Waals surface area contributed by atoms with Crippen LogP contribution in [0, 0.1) is 0 Å². The summed E-state index contributed by atoms with van der Waals surface area (Å²) in [7, 11) is 0. The molecule has 0 heterocycles. The van der Waals surface area contributed by atoms with Crippen molar-refractivity contribution in [3.05, 3.63) is 11.6 Å². The van der Waals surface area contributed by atoms with Gasteiger partial charge in [-0.15, -0.1) is 0 Å². The van der Waals surface area contributed by atoms with Crippen molar-refractivity contribution >= 4 is 0 Å². The molecule has 0 aromatic rings. The number of rotatable bonds is 14. The summed E-state index contributed by atoms with van der Waals surface area (Å²) in [6.07, 6.45) is 26.5. The van der Waals surface area contributed by atoms with Crippen LogP contribution in [-0.2, 0) is 0 Å². The molecule has 1 aliphatic carbocycles. The Bertz CT molecular complexity index is 282. The maximum absolute atomic E-state index is 9.65. The SMILES string of the molecule is CCCCCCCCCCCCCCCC=C1CCCC(O)C1. The molecule has 0 amide bonds. The Morgan fingerprint density at radius 3 is 1.87 bits per heavy atom. The normalized spacial score (nSPS) is 20.3. The summed E-state index contributed by atoms with van der Waals surface area (Å²) >= 11 is 0. The second kappa shape index (κ2) is 15.2. The Labute approximate surface area is 146 Å². The Morgan fingerprint density at radius 2 is 1.35 bits per heavy atom. The van der Waals surface area contributed by atoms with Gasteiger partial charge in [0, 0.05) is 0 Å². The van der Waals surface area contributed by atoms with E-state index in [9.17, 15) is 5.11 Å². The highest BCUT2D eigenvalue weighted by atomic mass is 16.3. The Morgan fingerprint density at radius 1 is 0.826 bits per heavy atom. The first-order valence-electron chi connectivity index (χ1n) is 10.7. The van der Waals surface area contributed by atoms with E-state index in [4.69, 9.17) is 0 Å². The lowest BCUT2D eigenvalue weighted by atomic mass is 9.91. The number of hydrogen-bond acceptors (Lipinski definition) is 1. The third kappa shape index (κ3) is 12.8. The first kappa shape index (κ1) is 20.7. The summed E-state index contributed by atoms with van der Waals surface area (Å²) in [5, 5.41) is 9.65. The molecule has 1 atom stereocenters. The fraction of sp³-hybridized carbons (Fsp3) is 0.909. The molecule has 136 valence electrons. The zero-order chi connectivity index (χ0) is 16.6. The zero-order valence-electron chi connectivity index (χ0n) is 15.8. The third-order valence-corrected chi connectivity index (χ3v) is 5.27. The molecule has 0 spiro atoms. The van der Waals surface area contributed by atoms with Gasteiger partial charge in [-0.3, -0.25) is 0 Å². The summed E-state index contributed by atoms with van der Waals surface area (Å²) in [4.78, 5) is 0. The maximum atomic E-state index is 9.65. The molecule has 0 radical (unpaired) electrons. The van der Waals surface area contributed by atoms with Gasteiger partial charge in [0.25, 0.3) is 0 Å². The molecule has 0 aromatic heterocycles. The van der Waals surface area contributed by atoms with Crippen LogP contribution in [0.2, 0.25) is 0 Å². The molecular weight excluding hydrogens is 280 g/mol. The van der Waals surface area contributed by atoms with Crippen LogP contribution in [0.1, 0.15) is 122 Å². The summed E-state index contributed by atoms with van der Waals surface area (Å²) in [5.74, 6) is 0. The molecule has 0 aliphatic heterocycles. The van der Waals surface area contributed by atoms with E-state index in [1.54, 1.807) is 0 Å². The summed E-state index contributed by atoms with van der Waals surface area (Å²) in [6.45, 7) is 2.29. The molecule has 23 heavy (non-hydrogen) atoms. The van der Waals surface area contributed by atoms with Crippen molar-refractivity contribution in [2.45, 2.75) is 129 Å². The summed E-state index contributed by atoms with van der Waals surface area (Å²) < 4.78 is 0. The largest absolute Gasteiger partial charge is 0.393 e. The summed E-state index contributed by atoms with van der Waals surface area (Å²) in [6, 6.07) is 0. The van der Waals surface area contributed by atoms with E-state index in [2.05, 4.69) is 13.0 Å². The van der Waals surface area contributed by atoms with E-state index < -0.39 is 0 Å². The molecule has 1 heteroatoms. The predicted molar refractivity (Wildman–Crippen MR) is 103 cm³/mol. The van der Waals surface area contributed by atoms with Gasteiger partial charge in [0.1, 0.15) is 0 Å². The fourth-order valence-corrected chi connectivity index (χ4v) is 3.73. The molecule has 1 saturated carbocycles. The van der Waals surface area contributed by atoms with Crippen molar-refractivity contribution in [2.75, 3.05) is 0 Å². The van der Waals surface area contributed by atoms with Crippen molar-refractivity contribution in [1.29, 1.82) is 0 Å². The highest BCUT2D eigenvalue weighted by Gasteiger charge is 2.13. The van der Waals surface area contributed by atoms with Gasteiger partial charge in [0.2, 0.25) is 0 Å². The second-order valence-electron chi connectivity index (χ2n) is 7.64. The molecule has 1 rings (SSSR count). The predicted octanol–water partition coefficient (Wildman–Crippen LogP) is 7.33. The smallest absolute Gasteiger partial charge is 0.0577 e. The van der Waals surface area contributed by atoms with Gasteiger partial charge >= 0.3 is 0 Å². The van der Waals surface area contributed by atoms with Crippen LogP contribution in [0.5, 0.6) is 0 Å². The van der Waals surface area contributed by atoms with Gasteiger partial charge in [-0.1, -0.05) is 95.6 Å². The molecule has 1 nitrogen and oxygen atoms in total. The minimum absolute atomic E-state index is 0.0540. The number of hydrogen-bond donors (Lipinski definition) is 1. The van der Waals surface area contributed by atoms with Gasteiger partial charge in [-0.2, -0.15) is 0 Å². The minimum Gasteiger partial charge on any atom is -0.393 e. The van der Waals surface area contributed by atoms with E-state index in [-0.39, 0.29) is 6.10 Å². The average Bonchev–Trinajstić information content (AvgIpc) is 2.55. The van der Waals surface area contributed by atoms with Crippen molar-refractivity contribution in [1.82, 2.24) is 0 Å². The first-order valence-corrected chi connectivity index (χ1v) is 10.7. The van der Waals surface area contributed by atoms with Gasteiger partial charge in [-0.25, -0.2) is 0 Å². The van der Waals surface area contributed by atoms with Crippen molar-refractivity contribution in [3.63, 3.8) is 0 Å². The van der Waals surface area contributed by atoms with Gasteiger partial charge in [0.05, 0.1) is 6.10 Å². The van der Waals surface area contributed by atoms with Crippen LogP contribution in [-0.4, -0.2) is 11.2 Å². The Balaban J connectivity index is 1.77. The van der Waals surface area contributed by atoms with Gasteiger partial charge in [0.15, 0.2) is 0 Å². The topological polar surface area (TPSA) is 20.2 Å². The number of unbranched alkanes of at least 4 members (excludes halogenated alkanes) is 13. The van der Waals surface area contributed by atoms with Crippen LogP contribution in [0.3, 0.4) is 0 Å². The fourth-order valence-electron chi connectivity index (χ4n) is 3.73. The lowest BCUT2D eigenvalue weighted by Crippen LogP contribution is -2.12. The average molecular weight is 323 g/mol. The molecule has 1 fully saturated rings. The molecule has 1 N–H and O–H groups in total. The molecule has 1 aliphatic rings. The van der Waals surface area contributed by atoms with Gasteiger partial charge in [-0.05, 0) is 38.5 Å². The molecular formula is C22H42O. The van der Waals surface area contributed by atoms with E-state index in [1.807, 2.05) is 0 Å². The van der Waals surface area contributed by atoms with Crippen molar-refractivity contribution in [2.24, 2.45) is 0 Å². The quantitative estimate of drug-likeness (QED) is 0.262. The lowest BCUT2D eigenvalue weighted by molar-refractivity contribution is 0.149. The molecule has 0 aromatic carbocycles. The van der Waals surface area contributed by atoms with E-state index >= 15 is 0 Å². The highest BCUT2D eigenvalue weighted by Crippen LogP contribution is 2.24. The minimum atomic E-state index is -0.0540. The van der Waals surface area contributed by atoms with E-state index in [0.717, 1.165) is 12.8 Å². The van der Waals surface area contributed by atoms with E-state index in [1.165, 1.54) is 108 Å². The monoisotopic (exact) mass is 322 g/mol. The van der Waals surface area contributed by atoms with Crippen LogP contribution >= 0.6 is 0 Å². The standard InChI is InChI=1S/C22H42O/c1-2-3-4-5-6-7-8-9-10-11-12-13-14-15-17-21-18-16-19-22(23)20-21/h17,22-23H,2-16,18-20H2,1H3. The van der Waals surface area contributed by atoms with E-state index in [0.29, 0.717) is 0 Å². The van der Waals surface area contributed by atoms with Crippen LogP contribution in [0.4, 0.5) is 0 Å². The third-order valence-electron chi connectivity index (χ3n) is 5.27. The van der Waals surface area contributed by atoms with Crippen molar-refractivity contribution < 1.29 is 5.11 Å². The Kier molecular flexibility index (Phi) is 13.7. The lowest BCUT2D eigenvalue weighted by Gasteiger charge is -2.19. The number of aliphatic hydroxyl groups excluding tert-OH is 1. The number of allylic oxidation sites excluding steroid dienone is 1. The first-order chi connectivity index (χ1) is 11.3. The zero-order valence-corrected chi connectivity index (χ0v) is 15.8. The molecule has 0 saturated heterocycles. The summed E-state index contributed by atoms with van der Waals surface area (Å²) in [5.41, 5.74) is 1.52. The Hall–Kier alpha value is -0.300. The van der Waals surface area contributed by atoms with Gasteiger partial charge < -0.3 is 5.11 Å². The van der Waals surface area contributed by atoms with Crippen LogP contribution < -0.4 is 0 Å². The maximum Gasteiger partial charge on any atom is 0.0577 e. The molecule has 1 unspecified atom stereocenters. The number of aliphatic hydroxyl groups is 1.